The van der Waals surface area contributed by atoms with Crippen LogP contribution < -0.4 is 14.8 Å². The molecule has 2 aromatic carbocycles. The smallest absolute Gasteiger partial charge is 0.325 e. The summed E-state index contributed by atoms with van der Waals surface area (Å²) in [5.41, 5.74) is 0.259. The van der Waals surface area contributed by atoms with Crippen molar-refractivity contribution in [2.45, 2.75) is 32.2 Å². The van der Waals surface area contributed by atoms with Gasteiger partial charge in [0, 0.05) is 0 Å². The van der Waals surface area contributed by atoms with E-state index in [1.54, 1.807) is 19.1 Å². The van der Waals surface area contributed by atoms with Crippen LogP contribution in [0.1, 0.15) is 25.8 Å². The highest BCUT2D eigenvalue weighted by Crippen LogP contribution is 2.23. The maximum atomic E-state index is 12.8. The van der Waals surface area contributed by atoms with E-state index in [1.165, 1.54) is 4.90 Å². The lowest BCUT2D eigenvalue weighted by molar-refractivity contribution is -0.131. The second-order valence-corrected chi connectivity index (χ2v) is 6.96. The molecule has 6 nitrogen and oxygen atoms in total. The average Bonchev–Trinajstić information content (AvgIpc) is 2.92. The molecule has 0 saturated carbocycles. The number of benzene rings is 2. The Bertz CT molecular complexity index is 807. The lowest BCUT2D eigenvalue weighted by Crippen LogP contribution is -2.44. The van der Waals surface area contributed by atoms with E-state index < -0.39 is 5.54 Å². The number of nitrogens with one attached hydrogen (secondary N) is 1. The van der Waals surface area contributed by atoms with Crippen LogP contribution >= 0.6 is 0 Å². The van der Waals surface area contributed by atoms with Crippen molar-refractivity contribution in [2.75, 3.05) is 19.8 Å². The van der Waals surface area contributed by atoms with Crippen LogP contribution in [0.5, 0.6) is 11.5 Å². The summed E-state index contributed by atoms with van der Waals surface area (Å²) in [6.45, 7) is 4.76. The molecular weight excluding hydrogens is 356 g/mol. The van der Waals surface area contributed by atoms with Gasteiger partial charge in [0.1, 0.15) is 23.6 Å². The van der Waals surface area contributed by atoms with Crippen LogP contribution in [0.3, 0.4) is 0 Å². The van der Waals surface area contributed by atoms with E-state index in [0.29, 0.717) is 18.8 Å². The molecule has 0 unspecified atom stereocenters. The zero-order chi connectivity index (χ0) is 20.0. The summed E-state index contributed by atoms with van der Waals surface area (Å²) in [5, 5.41) is 2.84. The third kappa shape index (κ3) is 4.63. The number of amides is 3. The van der Waals surface area contributed by atoms with Gasteiger partial charge >= 0.3 is 6.03 Å². The number of urea groups is 1. The van der Waals surface area contributed by atoms with Crippen LogP contribution in [0.2, 0.25) is 0 Å². The molecule has 2 aromatic rings. The van der Waals surface area contributed by atoms with Crippen molar-refractivity contribution in [3.63, 3.8) is 0 Å². The monoisotopic (exact) mass is 382 g/mol. The van der Waals surface area contributed by atoms with E-state index in [4.69, 9.17) is 9.47 Å². The second-order valence-electron chi connectivity index (χ2n) is 6.96. The molecule has 1 aliphatic rings. The number of imide groups is 1. The van der Waals surface area contributed by atoms with Crippen molar-refractivity contribution in [3.05, 3.63) is 60.2 Å². The van der Waals surface area contributed by atoms with Crippen molar-refractivity contribution in [2.24, 2.45) is 0 Å². The van der Waals surface area contributed by atoms with Gasteiger partial charge in [-0.2, -0.15) is 0 Å². The van der Waals surface area contributed by atoms with Gasteiger partial charge in [-0.15, -0.1) is 0 Å². The van der Waals surface area contributed by atoms with Gasteiger partial charge in [-0.1, -0.05) is 30.3 Å². The van der Waals surface area contributed by atoms with Crippen LogP contribution in [0, 0.1) is 0 Å². The molecule has 1 fully saturated rings. The van der Waals surface area contributed by atoms with Crippen LogP contribution in [0.4, 0.5) is 4.79 Å². The maximum Gasteiger partial charge on any atom is 0.325 e. The van der Waals surface area contributed by atoms with Crippen molar-refractivity contribution in [1.29, 1.82) is 0 Å². The van der Waals surface area contributed by atoms with Crippen molar-refractivity contribution < 1.29 is 19.1 Å². The first-order chi connectivity index (χ1) is 13.5. The molecule has 1 heterocycles. The summed E-state index contributed by atoms with van der Waals surface area (Å²) in [6.07, 6.45) is 1.28. The Morgan fingerprint density at radius 2 is 1.61 bits per heavy atom. The van der Waals surface area contributed by atoms with Crippen LogP contribution in [-0.4, -0.2) is 42.1 Å². The Kier molecular flexibility index (Phi) is 6.19. The SMILES string of the molecule is CCOc1ccc(OCCN2C(=O)N[C@](C)(CCc3ccccc3)C2=O)cc1. The second kappa shape index (κ2) is 8.78. The first-order valence-corrected chi connectivity index (χ1v) is 9.55. The van der Waals surface area contributed by atoms with Gasteiger partial charge in [-0.25, -0.2) is 4.79 Å². The number of ether oxygens (including phenoxy) is 2. The average molecular weight is 382 g/mol. The third-order valence-corrected chi connectivity index (χ3v) is 4.82. The van der Waals surface area contributed by atoms with E-state index in [0.717, 1.165) is 17.7 Å². The van der Waals surface area contributed by atoms with Gasteiger partial charge in [0.2, 0.25) is 0 Å². The van der Waals surface area contributed by atoms with Crippen LogP contribution in [-0.2, 0) is 11.2 Å². The van der Waals surface area contributed by atoms with Gasteiger partial charge in [0.25, 0.3) is 5.91 Å². The largest absolute Gasteiger partial charge is 0.494 e. The predicted octanol–water partition coefficient (Wildman–Crippen LogP) is 3.41. The molecule has 1 atom stereocenters. The van der Waals surface area contributed by atoms with Gasteiger partial charge in [-0.3, -0.25) is 9.69 Å². The molecule has 3 rings (SSSR count). The topological polar surface area (TPSA) is 67.9 Å². The molecule has 0 bridgehead atoms. The summed E-state index contributed by atoms with van der Waals surface area (Å²) >= 11 is 0. The van der Waals surface area contributed by atoms with Crippen molar-refractivity contribution in [1.82, 2.24) is 10.2 Å². The molecular formula is C22H26N2O4. The number of aryl methyl sites for hydroxylation is 1. The Hall–Kier alpha value is -3.02. The number of carbonyl (C=O) groups is 2. The number of rotatable bonds is 9. The predicted molar refractivity (Wildman–Crippen MR) is 107 cm³/mol. The normalized spacial score (nSPS) is 18.9. The minimum absolute atomic E-state index is 0.205. The molecule has 0 aromatic heterocycles. The van der Waals surface area contributed by atoms with Gasteiger partial charge in [0.15, 0.2) is 0 Å². The highest BCUT2D eigenvalue weighted by atomic mass is 16.5. The molecule has 0 radical (unpaired) electrons. The van der Waals surface area contributed by atoms with E-state index in [-0.39, 0.29) is 25.1 Å². The first-order valence-electron chi connectivity index (χ1n) is 9.55. The maximum absolute atomic E-state index is 12.8. The molecule has 6 heteroatoms. The standard InChI is InChI=1S/C22H26N2O4/c1-3-27-18-9-11-19(12-10-18)28-16-15-24-20(25)22(2,23-21(24)26)14-13-17-7-5-4-6-8-17/h4-12H,3,13-16H2,1-2H3,(H,23,26)/t22-/m1/s1. The summed E-state index contributed by atoms with van der Waals surface area (Å²) < 4.78 is 11.1. The Morgan fingerprint density at radius 3 is 2.25 bits per heavy atom. The summed E-state index contributed by atoms with van der Waals surface area (Å²) in [5.74, 6) is 1.24. The van der Waals surface area contributed by atoms with Crippen LogP contribution in [0.15, 0.2) is 54.6 Å². The minimum atomic E-state index is -0.883. The van der Waals surface area contributed by atoms with E-state index in [1.807, 2.05) is 49.4 Å². The molecule has 148 valence electrons. The Labute approximate surface area is 165 Å². The summed E-state index contributed by atoms with van der Waals surface area (Å²) in [4.78, 5) is 26.3. The highest BCUT2D eigenvalue weighted by Gasteiger charge is 2.47. The fourth-order valence-electron chi connectivity index (χ4n) is 3.21. The molecule has 0 aliphatic carbocycles. The van der Waals surface area contributed by atoms with Gasteiger partial charge in [-0.05, 0) is 56.5 Å². The van der Waals surface area contributed by atoms with Gasteiger partial charge < -0.3 is 14.8 Å². The fourth-order valence-corrected chi connectivity index (χ4v) is 3.21. The Balaban J connectivity index is 1.51. The number of hydrogen-bond acceptors (Lipinski definition) is 4. The molecule has 28 heavy (non-hydrogen) atoms. The van der Waals surface area contributed by atoms with E-state index >= 15 is 0 Å². The third-order valence-electron chi connectivity index (χ3n) is 4.82. The fraction of sp³-hybridized carbons (Fsp3) is 0.364. The molecule has 1 N–H and O–H groups in total. The molecule has 1 aliphatic heterocycles. The lowest BCUT2D eigenvalue weighted by Gasteiger charge is -2.21. The van der Waals surface area contributed by atoms with Crippen molar-refractivity contribution >= 4 is 11.9 Å². The Morgan fingerprint density at radius 1 is 0.964 bits per heavy atom. The van der Waals surface area contributed by atoms with E-state index in [2.05, 4.69) is 5.32 Å². The lowest BCUT2D eigenvalue weighted by atomic mass is 9.93. The minimum Gasteiger partial charge on any atom is -0.494 e. The summed E-state index contributed by atoms with van der Waals surface area (Å²) in [7, 11) is 0. The number of hydrogen-bond donors (Lipinski definition) is 1. The molecule has 1 saturated heterocycles. The first kappa shape index (κ1) is 19.7. The number of nitrogens with zero attached hydrogens (tertiary/aromatic N) is 1. The van der Waals surface area contributed by atoms with Crippen LogP contribution in [0.25, 0.3) is 0 Å². The molecule has 3 amide bonds. The zero-order valence-electron chi connectivity index (χ0n) is 16.3. The zero-order valence-corrected chi connectivity index (χ0v) is 16.3. The number of carbonyl (C=O) groups excluding carboxylic acids is 2. The van der Waals surface area contributed by atoms with Crippen molar-refractivity contribution in [3.8, 4) is 11.5 Å². The van der Waals surface area contributed by atoms with Gasteiger partial charge in [0.05, 0.1) is 13.2 Å². The highest BCUT2D eigenvalue weighted by molar-refractivity contribution is 6.06. The quantitative estimate of drug-likeness (QED) is 0.675. The van der Waals surface area contributed by atoms with E-state index in [9.17, 15) is 9.59 Å². The summed E-state index contributed by atoms with van der Waals surface area (Å²) in [6, 6.07) is 16.8. The molecule has 0 spiro atoms.